The van der Waals surface area contributed by atoms with Gasteiger partial charge in [-0.2, -0.15) is 0 Å². The van der Waals surface area contributed by atoms with Crippen LogP contribution in [0.25, 0.3) is 11.3 Å². The Hall–Kier alpha value is -1.52. The maximum absolute atomic E-state index is 11.9. The van der Waals surface area contributed by atoms with Gasteiger partial charge in [-0.1, -0.05) is 35.3 Å². The van der Waals surface area contributed by atoms with Gasteiger partial charge in [0.05, 0.1) is 5.02 Å². The van der Waals surface area contributed by atoms with Gasteiger partial charge in [0.1, 0.15) is 0 Å². The molecule has 0 fully saturated rings. The van der Waals surface area contributed by atoms with Gasteiger partial charge in [0, 0.05) is 22.7 Å². The second-order valence-electron chi connectivity index (χ2n) is 4.48. The van der Waals surface area contributed by atoms with Crippen molar-refractivity contribution in [3.8, 4) is 11.3 Å². The molecule has 1 atom stereocenters. The fourth-order valence-electron chi connectivity index (χ4n) is 1.60. The first kappa shape index (κ1) is 14.9. The molecular formula is C14H14Cl2N2O2. The lowest BCUT2D eigenvalue weighted by atomic mass is 10.1. The van der Waals surface area contributed by atoms with Gasteiger partial charge in [0.25, 0.3) is 5.91 Å². The molecule has 1 heterocycles. The predicted molar refractivity (Wildman–Crippen MR) is 79.2 cm³/mol. The Bertz CT molecular complexity index is 625. The number of hydrogen-bond acceptors (Lipinski definition) is 3. The lowest BCUT2D eigenvalue weighted by molar-refractivity contribution is 0.0930. The fraction of sp³-hybridized carbons (Fsp3) is 0.286. The second kappa shape index (κ2) is 6.29. The van der Waals surface area contributed by atoms with Crippen molar-refractivity contribution in [3.63, 3.8) is 0 Å². The third-order valence-electron chi connectivity index (χ3n) is 2.93. The minimum Gasteiger partial charge on any atom is -0.355 e. The summed E-state index contributed by atoms with van der Waals surface area (Å²) < 4.78 is 5.17. The van der Waals surface area contributed by atoms with E-state index >= 15 is 0 Å². The maximum Gasteiger partial charge on any atom is 0.273 e. The minimum atomic E-state index is -0.264. The van der Waals surface area contributed by atoms with E-state index in [4.69, 9.17) is 27.7 Å². The van der Waals surface area contributed by atoms with Gasteiger partial charge < -0.3 is 9.84 Å². The van der Waals surface area contributed by atoms with Gasteiger partial charge in [0.15, 0.2) is 11.5 Å². The lowest BCUT2D eigenvalue weighted by Gasteiger charge is -2.08. The minimum absolute atomic E-state index is 0.0850. The van der Waals surface area contributed by atoms with Crippen molar-refractivity contribution in [1.29, 1.82) is 0 Å². The highest BCUT2D eigenvalue weighted by molar-refractivity contribution is 6.36. The molecule has 0 aliphatic heterocycles. The highest BCUT2D eigenvalue weighted by Crippen LogP contribution is 2.30. The normalized spacial score (nSPS) is 12.2. The van der Waals surface area contributed by atoms with E-state index in [1.165, 1.54) is 0 Å². The lowest BCUT2D eigenvalue weighted by Crippen LogP contribution is -2.32. The van der Waals surface area contributed by atoms with E-state index in [0.29, 0.717) is 21.4 Å². The van der Waals surface area contributed by atoms with Gasteiger partial charge in [-0.15, -0.1) is 0 Å². The van der Waals surface area contributed by atoms with E-state index in [1.54, 1.807) is 24.3 Å². The van der Waals surface area contributed by atoms with Crippen molar-refractivity contribution < 1.29 is 9.32 Å². The summed E-state index contributed by atoms with van der Waals surface area (Å²) in [5.41, 5.74) is 0.873. The molecule has 0 saturated heterocycles. The van der Waals surface area contributed by atoms with Crippen LogP contribution in [0.5, 0.6) is 0 Å². The molecule has 4 nitrogen and oxygen atoms in total. The van der Waals surface area contributed by atoms with E-state index in [-0.39, 0.29) is 17.6 Å². The van der Waals surface area contributed by atoms with Crippen LogP contribution in [0.15, 0.2) is 28.8 Å². The molecule has 1 unspecified atom stereocenters. The van der Waals surface area contributed by atoms with Crippen LogP contribution in [0.1, 0.15) is 30.8 Å². The molecular weight excluding hydrogens is 299 g/mol. The van der Waals surface area contributed by atoms with Crippen LogP contribution in [0.3, 0.4) is 0 Å². The Morgan fingerprint density at radius 2 is 2.15 bits per heavy atom. The van der Waals surface area contributed by atoms with Crippen molar-refractivity contribution in [3.05, 3.63) is 40.0 Å². The van der Waals surface area contributed by atoms with Crippen molar-refractivity contribution in [2.45, 2.75) is 26.3 Å². The topological polar surface area (TPSA) is 55.1 Å². The zero-order chi connectivity index (χ0) is 14.7. The molecule has 1 aromatic heterocycles. The molecule has 1 aromatic carbocycles. The van der Waals surface area contributed by atoms with Crippen LogP contribution in [0.4, 0.5) is 0 Å². The SMILES string of the molecule is CCC(C)NC(=O)c1cc(-c2ccc(Cl)cc2Cl)on1. The maximum atomic E-state index is 11.9. The molecule has 2 rings (SSSR count). The van der Waals surface area contributed by atoms with Gasteiger partial charge in [-0.3, -0.25) is 4.79 Å². The zero-order valence-electron chi connectivity index (χ0n) is 11.1. The number of carbonyl (C=O) groups excluding carboxylic acids is 1. The number of hydrogen-bond donors (Lipinski definition) is 1. The van der Waals surface area contributed by atoms with E-state index in [9.17, 15) is 4.79 Å². The van der Waals surface area contributed by atoms with Crippen molar-refractivity contribution in [2.24, 2.45) is 0 Å². The van der Waals surface area contributed by atoms with Crippen LogP contribution < -0.4 is 5.32 Å². The van der Waals surface area contributed by atoms with E-state index in [2.05, 4.69) is 10.5 Å². The van der Waals surface area contributed by atoms with Crippen LogP contribution in [0, 0.1) is 0 Å². The monoisotopic (exact) mass is 312 g/mol. The highest BCUT2D eigenvalue weighted by Gasteiger charge is 2.16. The third kappa shape index (κ3) is 3.32. The summed E-state index contributed by atoms with van der Waals surface area (Å²) in [6, 6.07) is 6.68. The molecule has 20 heavy (non-hydrogen) atoms. The largest absolute Gasteiger partial charge is 0.355 e. The highest BCUT2D eigenvalue weighted by atomic mass is 35.5. The first-order valence-electron chi connectivity index (χ1n) is 6.24. The number of rotatable bonds is 4. The molecule has 0 aliphatic rings. The molecule has 0 spiro atoms. The van der Waals surface area contributed by atoms with Gasteiger partial charge in [0.2, 0.25) is 0 Å². The Balaban J connectivity index is 2.22. The quantitative estimate of drug-likeness (QED) is 0.921. The number of benzene rings is 1. The van der Waals surface area contributed by atoms with Gasteiger partial charge in [-0.05, 0) is 31.5 Å². The number of aromatic nitrogens is 1. The van der Waals surface area contributed by atoms with Crippen molar-refractivity contribution >= 4 is 29.1 Å². The van der Waals surface area contributed by atoms with Crippen molar-refractivity contribution in [1.82, 2.24) is 10.5 Å². The smallest absolute Gasteiger partial charge is 0.273 e. The van der Waals surface area contributed by atoms with Gasteiger partial charge in [-0.25, -0.2) is 0 Å². The molecule has 1 amide bonds. The molecule has 1 N–H and O–H groups in total. The second-order valence-corrected chi connectivity index (χ2v) is 5.33. The average molecular weight is 313 g/mol. The fourth-order valence-corrected chi connectivity index (χ4v) is 2.10. The summed E-state index contributed by atoms with van der Waals surface area (Å²) in [4.78, 5) is 11.9. The standard InChI is InChI=1S/C14H14Cl2N2O2/c1-3-8(2)17-14(19)12-7-13(20-18-12)10-5-4-9(15)6-11(10)16/h4-8H,3H2,1-2H3,(H,17,19). The molecule has 6 heteroatoms. The molecule has 0 saturated carbocycles. The molecule has 0 aliphatic carbocycles. The Morgan fingerprint density at radius 1 is 1.40 bits per heavy atom. The Kier molecular flexibility index (Phi) is 4.68. The van der Waals surface area contributed by atoms with Crippen LogP contribution >= 0.6 is 23.2 Å². The number of amides is 1. The average Bonchev–Trinajstić information content (AvgIpc) is 2.88. The first-order chi connectivity index (χ1) is 9.51. The molecule has 0 radical (unpaired) electrons. The third-order valence-corrected chi connectivity index (χ3v) is 3.48. The van der Waals surface area contributed by atoms with Crippen LogP contribution in [-0.2, 0) is 0 Å². The Labute approximate surface area is 127 Å². The summed E-state index contributed by atoms with van der Waals surface area (Å²) in [5, 5.41) is 7.57. The summed E-state index contributed by atoms with van der Waals surface area (Å²) in [6.07, 6.45) is 0.847. The molecule has 106 valence electrons. The number of carbonyl (C=O) groups is 1. The van der Waals surface area contributed by atoms with Gasteiger partial charge >= 0.3 is 0 Å². The van der Waals surface area contributed by atoms with Crippen molar-refractivity contribution in [2.75, 3.05) is 0 Å². The number of nitrogens with one attached hydrogen (secondary N) is 1. The van der Waals surface area contributed by atoms with E-state index in [0.717, 1.165) is 6.42 Å². The summed E-state index contributed by atoms with van der Waals surface area (Å²) >= 11 is 11.9. The van der Waals surface area contributed by atoms with Crippen LogP contribution in [-0.4, -0.2) is 17.1 Å². The summed E-state index contributed by atoms with van der Waals surface area (Å²) in [7, 11) is 0. The first-order valence-corrected chi connectivity index (χ1v) is 7.00. The Morgan fingerprint density at radius 3 is 2.80 bits per heavy atom. The number of nitrogens with zero attached hydrogens (tertiary/aromatic N) is 1. The van der Waals surface area contributed by atoms with E-state index < -0.39 is 0 Å². The molecule has 0 bridgehead atoms. The van der Waals surface area contributed by atoms with Crippen LogP contribution in [0.2, 0.25) is 10.0 Å². The van der Waals surface area contributed by atoms with E-state index in [1.807, 2.05) is 13.8 Å². The predicted octanol–water partition coefficient (Wildman–Crippen LogP) is 4.18. The molecule has 2 aromatic rings. The summed E-state index contributed by atoms with van der Waals surface area (Å²) in [5.74, 6) is 0.167. The summed E-state index contributed by atoms with van der Waals surface area (Å²) in [6.45, 7) is 3.92. The zero-order valence-corrected chi connectivity index (χ0v) is 12.6. The number of halogens is 2.